The maximum absolute atomic E-state index is 12.4. The summed E-state index contributed by atoms with van der Waals surface area (Å²) in [5.41, 5.74) is 0.736. The molecule has 2 aromatic rings. The topological polar surface area (TPSA) is 105 Å². The third-order valence-corrected chi connectivity index (χ3v) is 4.60. The quantitative estimate of drug-likeness (QED) is 0.864. The predicted molar refractivity (Wildman–Crippen MR) is 89.8 cm³/mol. The molecule has 0 aromatic carbocycles. The Balaban J connectivity index is 1.83. The minimum absolute atomic E-state index is 0.00908. The molecule has 1 atom stereocenters. The number of carboxylic acid groups (broad SMARTS) is 1. The van der Waals surface area contributed by atoms with Crippen molar-refractivity contribution in [1.29, 1.82) is 0 Å². The maximum Gasteiger partial charge on any atom is 0.341 e. The molecule has 2 N–H and O–H groups in total. The Bertz CT molecular complexity index is 751. The average molecular weight is 343 g/mol. The minimum Gasteiger partial charge on any atom is -0.477 e. The number of carbonyl (C=O) groups is 2. The van der Waals surface area contributed by atoms with Gasteiger partial charge in [-0.15, -0.1) is 0 Å². The van der Waals surface area contributed by atoms with Gasteiger partial charge in [-0.25, -0.2) is 4.79 Å². The summed E-state index contributed by atoms with van der Waals surface area (Å²) < 4.78 is 5.29. The van der Waals surface area contributed by atoms with Crippen molar-refractivity contribution in [1.82, 2.24) is 15.5 Å². The highest BCUT2D eigenvalue weighted by Gasteiger charge is 2.30. The molecule has 2 aromatic heterocycles. The van der Waals surface area contributed by atoms with Gasteiger partial charge in [0.15, 0.2) is 5.76 Å². The van der Waals surface area contributed by atoms with Crippen LogP contribution < -0.4 is 5.32 Å². The zero-order chi connectivity index (χ0) is 17.8. The molecule has 1 fully saturated rings. The minimum atomic E-state index is -1.14. The molecule has 7 nitrogen and oxygen atoms in total. The molecule has 0 aliphatic heterocycles. The van der Waals surface area contributed by atoms with E-state index in [0.717, 1.165) is 25.7 Å². The molecule has 1 amide bonds. The van der Waals surface area contributed by atoms with Gasteiger partial charge in [-0.2, -0.15) is 0 Å². The zero-order valence-corrected chi connectivity index (χ0v) is 14.1. The first-order valence-corrected chi connectivity index (χ1v) is 8.51. The van der Waals surface area contributed by atoms with E-state index in [9.17, 15) is 14.7 Å². The molecular weight excluding hydrogens is 322 g/mol. The van der Waals surface area contributed by atoms with Gasteiger partial charge in [0.25, 0.3) is 0 Å². The van der Waals surface area contributed by atoms with Crippen LogP contribution in [0.15, 0.2) is 29.0 Å². The third-order valence-electron chi connectivity index (χ3n) is 4.60. The van der Waals surface area contributed by atoms with Gasteiger partial charge in [-0.3, -0.25) is 9.78 Å². The molecule has 0 bridgehead atoms. The molecule has 7 heteroatoms. The van der Waals surface area contributed by atoms with Crippen molar-refractivity contribution in [2.24, 2.45) is 5.92 Å². The molecule has 2 heterocycles. The molecule has 132 valence electrons. The fourth-order valence-corrected chi connectivity index (χ4v) is 3.27. The van der Waals surface area contributed by atoms with E-state index in [0.29, 0.717) is 5.56 Å². The van der Waals surface area contributed by atoms with Crippen molar-refractivity contribution < 1.29 is 19.2 Å². The molecular formula is C18H21N3O4. The first-order chi connectivity index (χ1) is 12.1. The standard InChI is InChI=1S/C18H21N3O4/c1-11(20-17(22)12-6-3-2-4-7-12)16-14(18(23)24)15(21-25-16)13-8-5-9-19-10-13/h5,8-12H,2-4,6-7H2,1H3,(H,20,22)(H,23,24). The van der Waals surface area contributed by atoms with Gasteiger partial charge in [0.05, 0.1) is 6.04 Å². The van der Waals surface area contributed by atoms with E-state index in [4.69, 9.17) is 4.52 Å². The van der Waals surface area contributed by atoms with E-state index in [1.54, 1.807) is 25.3 Å². The largest absolute Gasteiger partial charge is 0.477 e. The van der Waals surface area contributed by atoms with Crippen LogP contribution in [0, 0.1) is 5.92 Å². The number of carbonyl (C=O) groups excluding carboxylic acids is 1. The summed E-state index contributed by atoms with van der Waals surface area (Å²) in [6.07, 6.45) is 8.15. The summed E-state index contributed by atoms with van der Waals surface area (Å²) >= 11 is 0. The Hall–Kier alpha value is -2.70. The number of nitrogens with zero attached hydrogens (tertiary/aromatic N) is 2. The van der Waals surface area contributed by atoms with Crippen LogP contribution in [0.1, 0.15) is 61.2 Å². The van der Waals surface area contributed by atoms with Crippen LogP contribution >= 0.6 is 0 Å². The lowest BCUT2D eigenvalue weighted by Crippen LogP contribution is -2.34. The second kappa shape index (κ2) is 7.46. The number of aromatic nitrogens is 2. The summed E-state index contributed by atoms with van der Waals surface area (Å²) in [6, 6.07) is 2.84. The van der Waals surface area contributed by atoms with E-state index in [1.165, 1.54) is 12.6 Å². The second-order valence-corrected chi connectivity index (χ2v) is 6.38. The number of nitrogens with one attached hydrogen (secondary N) is 1. The number of hydrogen-bond acceptors (Lipinski definition) is 5. The predicted octanol–water partition coefficient (Wildman–Crippen LogP) is 3.19. The first-order valence-electron chi connectivity index (χ1n) is 8.51. The molecule has 1 unspecified atom stereocenters. The maximum atomic E-state index is 12.4. The van der Waals surface area contributed by atoms with Crippen LogP contribution in [0.4, 0.5) is 0 Å². The van der Waals surface area contributed by atoms with E-state index in [2.05, 4.69) is 15.5 Å². The number of pyridine rings is 1. The molecule has 1 saturated carbocycles. The lowest BCUT2D eigenvalue weighted by atomic mass is 9.88. The molecule has 0 saturated heterocycles. The number of aromatic carboxylic acids is 1. The fourth-order valence-electron chi connectivity index (χ4n) is 3.27. The van der Waals surface area contributed by atoms with Crippen molar-refractivity contribution in [3.8, 4) is 11.3 Å². The fraction of sp³-hybridized carbons (Fsp3) is 0.444. The monoisotopic (exact) mass is 343 g/mol. The molecule has 3 rings (SSSR count). The van der Waals surface area contributed by atoms with Crippen LogP contribution in [0.25, 0.3) is 11.3 Å². The molecule has 25 heavy (non-hydrogen) atoms. The van der Waals surface area contributed by atoms with Crippen LogP contribution in [-0.4, -0.2) is 27.1 Å². The molecule has 0 spiro atoms. The van der Waals surface area contributed by atoms with Gasteiger partial charge < -0.3 is 14.9 Å². The number of amides is 1. The molecule has 1 aliphatic rings. The number of hydrogen-bond donors (Lipinski definition) is 2. The van der Waals surface area contributed by atoms with E-state index in [1.807, 2.05) is 0 Å². The third kappa shape index (κ3) is 3.70. The lowest BCUT2D eigenvalue weighted by molar-refractivity contribution is -0.126. The first kappa shape index (κ1) is 17.1. The van der Waals surface area contributed by atoms with Gasteiger partial charge in [0.2, 0.25) is 5.91 Å². The van der Waals surface area contributed by atoms with Crippen LogP contribution in [0.3, 0.4) is 0 Å². The summed E-state index contributed by atoms with van der Waals surface area (Å²) in [4.78, 5) is 28.1. The Kier molecular flexibility index (Phi) is 5.11. The summed E-state index contributed by atoms with van der Waals surface area (Å²) in [5, 5.41) is 16.4. The van der Waals surface area contributed by atoms with Gasteiger partial charge in [-0.1, -0.05) is 24.4 Å². The van der Waals surface area contributed by atoms with Crippen molar-refractivity contribution in [2.75, 3.05) is 0 Å². The van der Waals surface area contributed by atoms with Crippen molar-refractivity contribution in [3.05, 3.63) is 35.9 Å². The van der Waals surface area contributed by atoms with Gasteiger partial charge in [-0.05, 0) is 31.9 Å². The molecule has 1 aliphatic carbocycles. The summed E-state index contributed by atoms with van der Waals surface area (Å²) in [5.74, 6) is -1.06. The number of carboxylic acids is 1. The van der Waals surface area contributed by atoms with Crippen LogP contribution in [0.5, 0.6) is 0 Å². The van der Waals surface area contributed by atoms with Crippen molar-refractivity contribution in [2.45, 2.75) is 45.1 Å². The Morgan fingerprint density at radius 2 is 2.08 bits per heavy atom. The van der Waals surface area contributed by atoms with Gasteiger partial charge in [0, 0.05) is 23.9 Å². The average Bonchev–Trinajstić information content (AvgIpc) is 3.08. The SMILES string of the molecule is CC(NC(=O)C1CCCCC1)c1onc(-c2cccnc2)c1C(=O)O. The normalized spacial score (nSPS) is 16.4. The van der Waals surface area contributed by atoms with Crippen LogP contribution in [-0.2, 0) is 4.79 Å². The van der Waals surface area contributed by atoms with Crippen molar-refractivity contribution in [3.63, 3.8) is 0 Å². The second-order valence-electron chi connectivity index (χ2n) is 6.38. The Labute approximate surface area is 145 Å². The van der Waals surface area contributed by atoms with Crippen LogP contribution in [0.2, 0.25) is 0 Å². The smallest absolute Gasteiger partial charge is 0.341 e. The summed E-state index contributed by atoms with van der Waals surface area (Å²) in [6.45, 7) is 1.71. The van der Waals surface area contributed by atoms with E-state index < -0.39 is 12.0 Å². The summed E-state index contributed by atoms with van der Waals surface area (Å²) in [7, 11) is 0. The lowest BCUT2D eigenvalue weighted by Gasteiger charge is -2.22. The van der Waals surface area contributed by atoms with Crippen molar-refractivity contribution >= 4 is 11.9 Å². The number of rotatable bonds is 5. The highest BCUT2D eigenvalue weighted by atomic mass is 16.5. The highest BCUT2D eigenvalue weighted by molar-refractivity contribution is 5.96. The highest BCUT2D eigenvalue weighted by Crippen LogP contribution is 2.30. The Morgan fingerprint density at radius 3 is 2.72 bits per heavy atom. The van der Waals surface area contributed by atoms with Gasteiger partial charge in [0.1, 0.15) is 11.3 Å². The van der Waals surface area contributed by atoms with E-state index in [-0.39, 0.29) is 28.8 Å². The Morgan fingerprint density at radius 1 is 1.32 bits per heavy atom. The van der Waals surface area contributed by atoms with Gasteiger partial charge >= 0.3 is 5.97 Å². The van der Waals surface area contributed by atoms with E-state index >= 15 is 0 Å². The molecule has 0 radical (unpaired) electrons. The zero-order valence-electron chi connectivity index (χ0n) is 14.1.